The third kappa shape index (κ3) is 4.24. The Hall–Kier alpha value is -1.26. The molecule has 5 heteroatoms. The Morgan fingerprint density at radius 1 is 1.53 bits per heavy atom. The van der Waals surface area contributed by atoms with Crippen LogP contribution < -0.4 is 4.74 Å². The van der Waals surface area contributed by atoms with Crippen molar-refractivity contribution >= 4 is 17.6 Å². The van der Waals surface area contributed by atoms with Crippen LogP contribution in [0.2, 0.25) is 5.02 Å². The molecule has 1 rings (SSSR count). The van der Waals surface area contributed by atoms with E-state index in [1.165, 1.54) is 0 Å². The minimum atomic E-state index is -1.41. The maximum atomic E-state index is 10.5. The van der Waals surface area contributed by atoms with E-state index in [1.54, 1.807) is 18.2 Å². The fourth-order valence-electron chi connectivity index (χ4n) is 1.31. The number of hydrogen-bond donors (Lipinski definition) is 2. The van der Waals surface area contributed by atoms with E-state index >= 15 is 0 Å². The summed E-state index contributed by atoms with van der Waals surface area (Å²) in [6, 6.07) is 4.99. The van der Waals surface area contributed by atoms with Gasteiger partial charge in [0.2, 0.25) is 0 Å². The molecule has 0 aliphatic heterocycles. The standard InChI is InChI=1S/C12H15ClO4/c1-2-5-17-11-4-3-8(6-9(11)13)7-10(14)12(15)16/h3-4,6,10,14H,2,5,7H2,1H3,(H,15,16). The van der Waals surface area contributed by atoms with Gasteiger partial charge >= 0.3 is 5.97 Å². The van der Waals surface area contributed by atoms with Crippen LogP contribution >= 0.6 is 11.6 Å². The summed E-state index contributed by atoms with van der Waals surface area (Å²) >= 11 is 5.97. The first-order chi connectivity index (χ1) is 8.04. The number of carboxylic acids is 1. The molecule has 0 fully saturated rings. The van der Waals surface area contributed by atoms with Gasteiger partial charge in [-0.3, -0.25) is 0 Å². The molecule has 1 atom stereocenters. The Labute approximate surface area is 105 Å². The SMILES string of the molecule is CCCOc1ccc(CC(O)C(=O)O)cc1Cl. The molecule has 0 saturated heterocycles. The molecule has 0 aliphatic carbocycles. The molecule has 0 heterocycles. The predicted octanol–water partition coefficient (Wildman–Crippen LogP) is 2.12. The van der Waals surface area contributed by atoms with Crippen molar-refractivity contribution < 1.29 is 19.7 Å². The summed E-state index contributed by atoms with van der Waals surface area (Å²) in [6.45, 7) is 2.57. The summed E-state index contributed by atoms with van der Waals surface area (Å²) in [5, 5.41) is 18.2. The maximum Gasteiger partial charge on any atom is 0.332 e. The van der Waals surface area contributed by atoms with E-state index in [-0.39, 0.29) is 6.42 Å². The molecule has 1 unspecified atom stereocenters. The lowest BCUT2D eigenvalue weighted by molar-refractivity contribution is -0.146. The van der Waals surface area contributed by atoms with E-state index in [4.69, 9.17) is 21.4 Å². The van der Waals surface area contributed by atoms with E-state index in [0.717, 1.165) is 6.42 Å². The van der Waals surface area contributed by atoms with Crippen molar-refractivity contribution in [3.05, 3.63) is 28.8 Å². The van der Waals surface area contributed by atoms with Crippen LogP contribution in [0.5, 0.6) is 5.75 Å². The van der Waals surface area contributed by atoms with Crippen LogP contribution in [0.1, 0.15) is 18.9 Å². The van der Waals surface area contributed by atoms with Gasteiger partial charge in [-0.2, -0.15) is 0 Å². The maximum absolute atomic E-state index is 10.5. The average Bonchev–Trinajstić information content (AvgIpc) is 2.28. The van der Waals surface area contributed by atoms with Gasteiger partial charge in [-0.25, -0.2) is 4.79 Å². The Bertz CT molecular complexity index is 392. The predicted molar refractivity (Wildman–Crippen MR) is 64.6 cm³/mol. The van der Waals surface area contributed by atoms with Crippen LogP contribution in [0.25, 0.3) is 0 Å². The second-order valence-corrected chi connectivity index (χ2v) is 4.08. The number of aliphatic carboxylic acids is 1. The molecule has 0 amide bonds. The molecule has 1 aromatic carbocycles. The highest BCUT2D eigenvalue weighted by Crippen LogP contribution is 2.26. The quantitative estimate of drug-likeness (QED) is 0.820. The van der Waals surface area contributed by atoms with Crippen molar-refractivity contribution in [3.8, 4) is 5.75 Å². The summed E-state index contributed by atoms with van der Waals surface area (Å²) in [5.41, 5.74) is 0.661. The van der Waals surface area contributed by atoms with Crippen LogP contribution in [0, 0.1) is 0 Å². The number of ether oxygens (including phenoxy) is 1. The molecule has 4 nitrogen and oxygen atoms in total. The summed E-state index contributed by atoms with van der Waals surface area (Å²) in [6.07, 6.45) is -0.493. The van der Waals surface area contributed by atoms with E-state index in [1.807, 2.05) is 6.92 Å². The second-order valence-electron chi connectivity index (χ2n) is 3.67. The molecule has 17 heavy (non-hydrogen) atoms. The smallest absolute Gasteiger partial charge is 0.332 e. The number of rotatable bonds is 6. The number of hydrogen-bond acceptors (Lipinski definition) is 3. The Balaban J connectivity index is 2.71. The number of halogens is 1. The number of carbonyl (C=O) groups is 1. The van der Waals surface area contributed by atoms with E-state index in [2.05, 4.69) is 0 Å². The van der Waals surface area contributed by atoms with Crippen LogP contribution in [0.15, 0.2) is 18.2 Å². The molecule has 0 aromatic heterocycles. The molecule has 1 aromatic rings. The first kappa shape index (κ1) is 13.8. The molecule has 2 N–H and O–H groups in total. The Morgan fingerprint density at radius 2 is 2.24 bits per heavy atom. The number of aliphatic hydroxyl groups is 1. The highest BCUT2D eigenvalue weighted by Gasteiger charge is 2.14. The van der Waals surface area contributed by atoms with Crippen LogP contribution in [0.4, 0.5) is 0 Å². The third-order valence-electron chi connectivity index (χ3n) is 2.17. The Kier molecular flexibility index (Phi) is 5.25. The van der Waals surface area contributed by atoms with Crippen molar-refractivity contribution in [1.29, 1.82) is 0 Å². The lowest BCUT2D eigenvalue weighted by Gasteiger charge is -2.09. The van der Waals surface area contributed by atoms with Gasteiger partial charge in [0.05, 0.1) is 11.6 Å². The number of benzene rings is 1. The zero-order valence-corrected chi connectivity index (χ0v) is 10.3. The summed E-state index contributed by atoms with van der Waals surface area (Å²) < 4.78 is 5.38. The Morgan fingerprint density at radius 3 is 2.76 bits per heavy atom. The number of aliphatic hydroxyl groups excluding tert-OH is 1. The van der Waals surface area contributed by atoms with Crippen LogP contribution in [0.3, 0.4) is 0 Å². The van der Waals surface area contributed by atoms with Gasteiger partial charge in [0.15, 0.2) is 6.10 Å². The van der Waals surface area contributed by atoms with Gasteiger partial charge in [-0.15, -0.1) is 0 Å². The van der Waals surface area contributed by atoms with Gasteiger partial charge in [0.25, 0.3) is 0 Å². The summed E-state index contributed by atoms with van der Waals surface area (Å²) in [4.78, 5) is 10.5. The number of carboxylic acid groups (broad SMARTS) is 1. The normalized spacial score (nSPS) is 12.2. The van der Waals surface area contributed by atoms with Gasteiger partial charge in [0, 0.05) is 6.42 Å². The second kappa shape index (κ2) is 6.47. The van der Waals surface area contributed by atoms with E-state index < -0.39 is 12.1 Å². The van der Waals surface area contributed by atoms with Crippen molar-refractivity contribution in [3.63, 3.8) is 0 Å². The molecule has 0 aliphatic rings. The molecule has 0 radical (unpaired) electrons. The van der Waals surface area contributed by atoms with Crippen LogP contribution in [-0.4, -0.2) is 28.9 Å². The average molecular weight is 259 g/mol. The van der Waals surface area contributed by atoms with Gasteiger partial charge in [-0.05, 0) is 24.1 Å². The summed E-state index contributed by atoms with van der Waals surface area (Å²) in [7, 11) is 0. The molecule has 94 valence electrons. The molecule has 0 spiro atoms. The van der Waals surface area contributed by atoms with Gasteiger partial charge in [0.1, 0.15) is 5.75 Å². The largest absolute Gasteiger partial charge is 0.492 e. The minimum Gasteiger partial charge on any atom is -0.492 e. The molecular formula is C12H15ClO4. The van der Waals surface area contributed by atoms with Crippen molar-refractivity contribution in [2.24, 2.45) is 0 Å². The monoisotopic (exact) mass is 258 g/mol. The highest BCUT2D eigenvalue weighted by molar-refractivity contribution is 6.32. The van der Waals surface area contributed by atoms with Crippen LogP contribution in [-0.2, 0) is 11.2 Å². The van der Waals surface area contributed by atoms with Gasteiger partial charge < -0.3 is 14.9 Å². The van der Waals surface area contributed by atoms with E-state index in [9.17, 15) is 9.90 Å². The third-order valence-corrected chi connectivity index (χ3v) is 2.47. The molecule has 0 bridgehead atoms. The lowest BCUT2D eigenvalue weighted by atomic mass is 10.1. The van der Waals surface area contributed by atoms with E-state index in [0.29, 0.717) is 22.9 Å². The van der Waals surface area contributed by atoms with Crippen molar-refractivity contribution in [1.82, 2.24) is 0 Å². The summed E-state index contributed by atoms with van der Waals surface area (Å²) in [5.74, 6) is -0.672. The van der Waals surface area contributed by atoms with Crippen molar-refractivity contribution in [2.75, 3.05) is 6.61 Å². The lowest BCUT2D eigenvalue weighted by Crippen LogP contribution is -2.21. The zero-order chi connectivity index (χ0) is 12.8. The van der Waals surface area contributed by atoms with Crippen molar-refractivity contribution in [2.45, 2.75) is 25.9 Å². The first-order valence-corrected chi connectivity index (χ1v) is 5.74. The first-order valence-electron chi connectivity index (χ1n) is 5.36. The molecule has 0 saturated carbocycles. The minimum absolute atomic E-state index is 0.0309. The topological polar surface area (TPSA) is 66.8 Å². The fraction of sp³-hybridized carbons (Fsp3) is 0.417. The molecular weight excluding hydrogens is 244 g/mol. The van der Waals surface area contributed by atoms with Gasteiger partial charge in [-0.1, -0.05) is 24.6 Å². The highest BCUT2D eigenvalue weighted by atomic mass is 35.5. The zero-order valence-electron chi connectivity index (χ0n) is 9.52. The fourth-order valence-corrected chi connectivity index (χ4v) is 1.57.